The summed E-state index contributed by atoms with van der Waals surface area (Å²) in [4.78, 5) is 31.6. The van der Waals surface area contributed by atoms with Crippen LogP contribution in [0.25, 0.3) is 22.3 Å². The summed E-state index contributed by atoms with van der Waals surface area (Å²) in [6.07, 6.45) is 12.2. The van der Waals surface area contributed by atoms with Crippen molar-refractivity contribution in [3.8, 4) is 11.3 Å². The highest BCUT2D eigenvalue weighted by Gasteiger charge is 2.20. The highest BCUT2D eigenvalue weighted by atomic mass is 16.6. The van der Waals surface area contributed by atoms with Crippen molar-refractivity contribution in [3.63, 3.8) is 0 Å². The minimum absolute atomic E-state index is 0.308. The van der Waals surface area contributed by atoms with Crippen LogP contribution in [0, 0.1) is 5.92 Å². The first-order valence-electron chi connectivity index (χ1n) is 10.4. The number of rotatable bonds is 7. The standard InChI is InChI=1S/C23H22N6O2/c30-23(28-31-15-16-4-1-5-16)19-10-21(18-7-3-9-25-12-18)27-22-20(19)13-26-29(22)14-17-6-2-8-24-11-17/h2-3,6-13,16H,1,4-5,14-15H2,(H,28,30). The zero-order valence-electron chi connectivity index (χ0n) is 16.9. The topological polar surface area (TPSA) is 94.8 Å². The third kappa shape index (κ3) is 4.15. The Labute approximate surface area is 179 Å². The summed E-state index contributed by atoms with van der Waals surface area (Å²) in [6, 6.07) is 9.38. The van der Waals surface area contributed by atoms with Gasteiger partial charge >= 0.3 is 0 Å². The Hall–Kier alpha value is -3.65. The number of hydroxylamine groups is 1. The summed E-state index contributed by atoms with van der Waals surface area (Å²) in [5.74, 6) is 0.226. The van der Waals surface area contributed by atoms with Crippen molar-refractivity contribution in [2.45, 2.75) is 25.8 Å². The van der Waals surface area contributed by atoms with Crippen molar-refractivity contribution in [1.82, 2.24) is 30.2 Å². The molecular formula is C23H22N6O2. The number of aromatic nitrogens is 5. The van der Waals surface area contributed by atoms with Gasteiger partial charge < -0.3 is 0 Å². The van der Waals surface area contributed by atoms with Crippen LogP contribution >= 0.6 is 0 Å². The first-order valence-corrected chi connectivity index (χ1v) is 10.4. The minimum Gasteiger partial charge on any atom is -0.273 e. The van der Waals surface area contributed by atoms with E-state index in [9.17, 15) is 4.79 Å². The van der Waals surface area contributed by atoms with Crippen LogP contribution < -0.4 is 5.48 Å². The van der Waals surface area contributed by atoms with E-state index in [0.29, 0.717) is 41.4 Å². The van der Waals surface area contributed by atoms with E-state index in [-0.39, 0.29) is 5.91 Å². The fourth-order valence-corrected chi connectivity index (χ4v) is 3.62. The summed E-state index contributed by atoms with van der Waals surface area (Å²) in [5, 5.41) is 5.16. The van der Waals surface area contributed by atoms with Crippen LogP contribution in [-0.2, 0) is 11.4 Å². The van der Waals surface area contributed by atoms with Crippen molar-refractivity contribution in [1.29, 1.82) is 0 Å². The molecule has 0 aliphatic heterocycles. The van der Waals surface area contributed by atoms with Gasteiger partial charge in [-0.3, -0.25) is 19.6 Å². The number of nitrogens with one attached hydrogen (secondary N) is 1. The smallest absolute Gasteiger partial charge is 0.273 e. The van der Waals surface area contributed by atoms with E-state index in [1.807, 2.05) is 24.3 Å². The average molecular weight is 414 g/mol. The van der Waals surface area contributed by atoms with Gasteiger partial charge in [0.25, 0.3) is 5.91 Å². The molecule has 4 heterocycles. The van der Waals surface area contributed by atoms with Crippen LogP contribution in [0.4, 0.5) is 0 Å². The number of carbonyl (C=O) groups excluding carboxylic acids is 1. The number of hydrogen-bond donors (Lipinski definition) is 1. The molecule has 0 bridgehead atoms. The molecule has 1 amide bonds. The zero-order valence-corrected chi connectivity index (χ0v) is 16.9. The molecule has 1 aliphatic rings. The third-order valence-electron chi connectivity index (χ3n) is 5.57. The molecule has 0 unspecified atom stereocenters. The van der Waals surface area contributed by atoms with E-state index < -0.39 is 0 Å². The van der Waals surface area contributed by atoms with E-state index in [1.54, 1.807) is 41.7 Å². The van der Waals surface area contributed by atoms with E-state index in [2.05, 4.69) is 20.5 Å². The fraction of sp³-hybridized carbons (Fsp3) is 0.261. The number of fused-ring (bicyclic) bond motifs is 1. The normalized spacial score (nSPS) is 13.8. The average Bonchev–Trinajstić information content (AvgIpc) is 3.18. The molecule has 4 aromatic rings. The largest absolute Gasteiger partial charge is 0.275 e. The Morgan fingerprint density at radius 2 is 1.97 bits per heavy atom. The number of amides is 1. The molecule has 1 fully saturated rings. The first kappa shape index (κ1) is 19.3. The highest BCUT2D eigenvalue weighted by molar-refractivity contribution is 6.06. The number of nitrogens with zero attached hydrogens (tertiary/aromatic N) is 5. The Balaban J connectivity index is 1.50. The molecule has 0 aromatic carbocycles. The molecule has 0 spiro atoms. The van der Waals surface area contributed by atoms with Crippen molar-refractivity contribution < 1.29 is 9.63 Å². The Morgan fingerprint density at radius 3 is 2.68 bits per heavy atom. The molecule has 0 saturated heterocycles. The zero-order chi connectivity index (χ0) is 21.0. The molecule has 8 nitrogen and oxygen atoms in total. The number of carbonyl (C=O) groups is 1. The first-order chi connectivity index (χ1) is 15.3. The van der Waals surface area contributed by atoms with Gasteiger partial charge in [-0.15, -0.1) is 0 Å². The molecule has 8 heteroatoms. The van der Waals surface area contributed by atoms with Crippen molar-refractivity contribution in [2.24, 2.45) is 5.92 Å². The van der Waals surface area contributed by atoms with Crippen molar-refractivity contribution >= 4 is 16.9 Å². The van der Waals surface area contributed by atoms with Gasteiger partial charge in [0.15, 0.2) is 5.65 Å². The second-order valence-corrected chi connectivity index (χ2v) is 7.74. The lowest BCUT2D eigenvalue weighted by atomic mass is 9.86. The highest BCUT2D eigenvalue weighted by Crippen LogP contribution is 2.27. The maximum absolute atomic E-state index is 13.0. The van der Waals surface area contributed by atoms with E-state index in [0.717, 1.165) is 24.0 Å². The summed E-state index contributed by atoms with van der Waals surface area (Å²) >= 11 is 0. The summed E-state index contributed by atoms with van der Waals surface area (Å²) in [6.45, 7) is 1.04. The third-order valence-corrected chi connectivity index (χ3v) is 5.57. The maximum Gasteiger partial charge on any atom is 0.275 e. The number of hydrogen-bond acceptors (Lipinski definition) is 6. The van der Waals surface area contributed by atoms with Gasteiger partial charge in [0.1, 0.15) is 0 Å². The summed E-state index contributed by atoms with van der Waals surface area (Å²) in [7, 11) is 0. The Bertz CT molecular complexity index is 1190. The quantitative estimate of drug-likeness (QED) is 0.466. The molecule has 5 rings (SSSR count). The molecule has 156 valence electrons. The van der Waals surface area contributed by atoms with E-state index in [4.69, 9.17) is 9.82 Å². The van der Waals surface area contributed by atoms with Crippen LogP contribution in [0.15, 0.2) is 61.3 Å². The fourth-order valence-electron chi connectivity index (χ4n) is 3.62. The van der Waals surface area contributed by atoms with Crippen LogP contribution in [0.5, 0.6) is 0 Å². The molecule has 0 radical (unpaired) electrons. The van der Waals surface area contributed by atoms with Gasteiger partial charge in [-0.2, -0.15) is 5.10 Å². The van der Waals surface area contributed by atoms with Gasteiger partial charge in [-0.25, -0.2) is 15.1 Å². The predicted molar refractivity (Wildman–Crippen MR) is 115 cm³/mol. The molecule has 0 atom stereocenters. The second-order valence-electron chi connectivity index (χ2n) is 7.74. The monoisotopic (exact) mass is 414 g/mol. The van der Waals surface area contributed by atoms with Crippen molar-refractivity contribution in [3.05, 3.63) is 72.4 Å². The lowest BCUT2D eigenvalue weighted by Gasteiger charge is -2.24. The van der Waals surface area contributed by atoms with Gasteiger partial charge in [-0.05, 0) is 48.6 Å². The summed E-state index contributed by atoms with van der Waals surface area (Å²) in [5.41, 5.74) is 6.15. The molecule has 1 aliphatic carbocycles. The Kier molecular flexibility index (Phi) is 5.37. The predicted octanol–water partition coefficient (Wildman–Crippen LogP) is 3.40. The van der Waals surface area contributed by atoms with Gasteiger partial charge in [-0.1, -0.05) is 12.5 Å². The molecular weight excluding hydrogens is 392 g/mol. The lowest BCUT2D eigenvalue weighted by molar-refractivity contribution is 0.00329. The Morgan fingerprint density at radius 1 is 1.13 bits per heavy atom. The SMILES string of the molecule is O=C(NOCC1CCC1)c1cc(-c2cccnc2)nc2c1cnn2Cc1cccnc1. The van der Waals surface area contributed by atoms with E-state index in [1.165, 1.54) is 6.42 Å². The van der Waals surface area contributed by atoms with Gasteiger partial charge in [0, 0.05) is 30.4 Å². The molecule has 1 N–H and O–H groups in total. The molecule has 4 aromatic heterocycles. The van der Waals surface area contributed by atoms with Crippen molar-refractivity contribution in [2.75, 3.05) is 6.61 Å². The van der Waals surface area contributed by atoms with Gasteiger partial charge in [0.2, 0.25) is 0 Å². The van der Waals surface area contributed by atoms with Gasteiger partial charge in [0.05, 0.1) is 36.0 Å². The summed E-state index contributed by atoms with van der Waals surface area (Å²) < 4.78 is 1.78. The van der Waals surface area contributed by atoms with E-state index >= 15 is 0 Å². The second kappa shape index (κ2) is 8.61. The molecule has 1 saturated carbocycles. The van der Waals surface area contributed by atoms with Crippen LogP contribution in [0.3, 0.4) is 0 Å². The number of pyridine rings is 3. The van der Waals surface area contributed by atoms with Crippen LogP contribution in [0.1, 0.15) is 35.2 Å². The molecule has 31 heavy (non-hydrogen) atoms. The minimum atomic E-state index is -0.308. The van der Waals surface area contributed by atoms with Crippen LogP contribution in [0.2, 0.25) is 0 Å². The maximum atomic E-state index is 13.0. The van der Waals surface area contributed by atoms with Crippen LogP contribution in [-0.4, -0.2) is 37.2 Å². The lowest BCUT2D eigenvalue weighted by Crippen LogP contribution is -2.28.